The summed E-state index contributed by atoms with van der Waals surface area (Å²) in [6, 6.07) is 2.97. The summed E-state index contributed by atoms with van der Waals surface area (Å²) in [7, 11) is 3.72. The van der Waals surface area contributed by atoms with Crippen LogP contribution in [-0.4, -0.2) is 57.3 Å². The lowest BCUT2D eigenvalue weighted by atomic mass is 10.2. The molecule has 0 bridgehead atoms. The lowest BCUT2D eigenvalue weighted by Crippen LogP contribution is -2.35. The number of nitrogens with zero attached hydrogens (tertiary/aromatic N) is 2. The number of hydrogen-bond acceptors (Lipinski definition) is 8. The normalized spacial score (nSPS) is 9.67. The van der Waals surface area contributed by atoms with Crippen LogP contribution >= 0.6 is 0 Å². The summed E-state index contributed by atoms with van der Waals surface area (Å²) in [6.45, 7) is -0.341. The smallest absolute Gasteiger partial charge is 0.356 e. The van der Waals surface area contributed by atoms with Crippen LogP contribution in [0.2, 0.25) is 0 Å². The fraction of sp³-hybridized carbons (Fsp3) is 0.385. The minimum Gasteiger partial charge on any atom is -0.468 e. The Balaban J connectivity index is 3.03. The Hall–Kier alpha value is -2.64. The first kappa shape index (κ1) is 16.4. The topological polar surface area (TPSA) is 95.0 Å². The first-order valence-corrected chi connectivity index (χ1v) is 5.94. The number of ether oxygens (including phenoxy) is 3. The Morgan fingerprint density at radius 1 is 1.05 bits per heavy atom. The third kappa shape index (κ3) is 4.75. The van der Waals surface area contributed by atoms with Crippen molar-refractivity contribution in [2.75, 3.05) is 39.3 Å². The molecule has 0 N–H and O–H groups in total. The van der Waals surface area contributed by atoms with Gasteiger partial charge < -0.3 is 19.1 Å². The number of carbonyl (C=O) groups is 3. The molecule has 0 aromatic carbocycles. The van der Waals surface area contributed by atoms with Crippen LogP contribution in [0.4, 0.5) is 5.69 Å². The lowest BCUT2D eigenvalue weighted by Gasteiger charge is -2.22. The molecule has 1 heterocycles. The zero-order chi connectivity index (χ0) is 15.8. The summed E-state index contributed by atoms with van der Waals surface area (Å²) < 4.78 is 13.7. The lowest BCUT2D eigenvalue weighted by molar-refractivity contribution is -0.140. The molecular formula is C13H16N2O6. The van der Waals surface area contributed by atoms with Crippen molar-refractivity contribution < 1.29 is 28.6 Å². The molecule has 0 aliphatic rings. The average Bonchev–Trinajstić information content (AvgIpc) is 2.53. The zero-order valence-electron chi connectivity index (χ0n) is 12.0. The van der Waals surface area contributed by atoms with E-state index in [9.17, 15) is 14.4 Å². The molecule has 8 nitrogen and oxygen atoms in total. The maximum Gasteiger partial charge on any atom is 0.356 e. The van der Waals surface area contributed by atoms with Crippen LogP contribution in [-0.2, 0) is 23.8 Å². The molecule has 0 aliphatic heterocycles. The van der Waals surface area contributed by atoms with Crippen molar-refractivity contribution in [3.63, 3.8) is 0 Å². The van der Waals surface area contributed by atoms with Crippen LogP contribution in [0.5, 0.6) is 0 Å². The summed E-state index contributed by atoms with van der Waals surface area (Å²) in [6.07, 6.45) is 1.38. The largest absolute Gasteiger partial charge is 0.468 e. The second-order valence-electron chi connectivity index (χ2n) is 3.90. The zero-order valence-corrected chi connectivity index (χ0v) is 12.0. The molecule has 0 aliphatic carbocycles. The Kier molecular flexibility index (Phi) is 6.12. The highest BCUT2D eigenvalue weighted by molar-refractivity contribution is 5.89. The van der Waals surface area contributed by atoms with Gasteiger partial charge in [-0.15, -0.1) is 0 Å². The number of carbonyl (C=O) groups excluding carboxylic acids is 3. The van der Waals surface area contributed by atoms with Crippen molar-refractivity contribution in [3.8, 4) is 0 Å². The molecule has 0 fully saturated rings. The van der Waals surface area contributed by atoms with E-state index in [4.69, 9.17) is 0 Å². The van der Waals surface area contributed by atoms with Gasteiger partial charge in [-0.1, -0.05) is 0 Å². The number of hydrogen-bond donors (Lipinski definition) is 0. The second-order valence-corrected chi connectivity index (χ2v) is 3.90. The molecule has 1 aromatic rings. The highest BCUT2D eigenvalue weighted by Crippen LogP contribution is 2.15. The van der Waals surface area contributed by atoms with Crippen LogP contribution in [0, 0.1) is 0 Å². The van der Waals surface area contributed by atoms with E-state index in [2.05, 4.69) is 19.2 Å². The molecular weight excluding hydrogens is 280 g/mol. The van der Waals surface area contributed by atoms with Crippen molar-refractivity contribution in [2.45, 2.75) is 0 Å². The Labute approximate surface area is 121 Å². The summed E-state index contributed by atoms with van der Waals surface area (Å²) >= 11 is 0. The van der Waals surface area contributed by atoms with Crippen molar-refractivity contribution >= 4 is 23.6 Å². The molecule has 0 spiro atoms. The maximum absolute atomic E-state index is 11.5. The van der Waals surface area contributed by atoms with E-state index in [1.807, 2.05) is 0 Å². The number of anilines is 1. The summed E-state index contributed by atoms with van der Waals surface area (Å²) in [5.41, 5.74) is 0.510. The third-order valence-corrected chi connectivity index (χ3v) is 2.60. The minimum absolute atomic E-state index is 0.0646. The highest BCUT2D eigenvalue weighted by atomic mass is 16.5. The fourth-order valence-electron chi connectivity index (χ4n) is 1.51. The third-order valence-electron chi connectivity index (χ3n) is 2.60. The van der Waals surface area contributed by atoms with E-state index in [1.165, 1.54) is 38.5 Å². The quantitative estimate of drug-likeness (QED) is 0.535. The van der Waals surface area contributed by atoms with Gasteiger partial charge in [-0.05, 0) is 12.1 Å². The minimum atomic E-state index is -0.618. The van der Waals surface area contributed by atoms with Gasteiger partial charge in [-0.2, -0.15) is 0 Å². The number of methoxy groups -OCH3 is 3. The van der Waals surface area contributed by atoms with Crippen molar-refractivity contribution in [1.29, 1.82) is 0 Å². The van der Waals surface area contributed by atoms with Gasteiger partial charge in [0.1, 0.15) is 18.8 Å². The van der Waals surface area contributed by atoms with Crippen LogP contribution in [0.3, 0.4) is 0 Å². The van der Waals surface area contributed by atoms with E-state index >= 15 is 0 Å². The first-order chi connectivity index (χ1) is 10.0. The van der Waals surface area contributed by atoms with Gasteiger partial charge in [0.25, 0.3) is 0 Å². The number of esters is 3. The molecule has 0 saturated heterocycles. The number of aromatic nitrogens is 1. The fourth-order valence-corrected chi connectivity index (χ4v) is 1.51. The second kappa shape index (κ2) is 7.83. The Morgan fingerprint density at radius 2 is 1.62 bits per heavy atom. The van der Waals surface area contributed by atoms with E-state index in [1.54, 1.807) is 6.07 Å². The number of rotatable bonds is 6. The molecule has 1 aromatic heterocycles. The van der Waals surface area contributed by atoms with Gasteiger partial charge in [0.15, 0.2) is 0 Å². The maximum atomic E-state index is 11.5. The monoisotopic (exact) mass is 296 g/mol. The summed E-state index contributed by atoms with van der Waals surface area (Å²) in [5, 5.41) is 0. The van der Waals surface area contributed by atoms with Crippen molar-refractivity contribution in [3.05, 3.63) is 24.0 Å². The van der Waals surface area contributed by atoms with E-state index in [0.717, 1.165) is 0 Å². The first-order valence-electron chi connectivity index (χ1n) is 5.94. The van der Waals surface area contributed by atoms with Crippen molar-refractivity contribution in [2.24, 2.45) is 0 Å². The van der Waals surface area contributed by atoms with Gasteiger partial charge in [-0.25, -0.2) is 9.78 Å². The standard InChI is InChI=1S/C13H16N2O6/c1-19-11(16)7-15(8-12(17)20-2)9-4-5-14-10(6-9)13(18)21-3/h4-6H,7-8H2,1-3H3. The highest BCUT2D eigenvalue weighted by Gasteiger charge is 2.18. The average molecular weight is 296 g/mol. The van der Waals surface area contributed by atoms with Crippen LogP contribution in [0.25, 0.3) is 0 Å². The summed E-state index contributed by atoms with van der Waals surface area (Å²) in [5.74, 6) is -1.68. The molecule has 21 heavy (non-hydrogen) atoms. The van der Waals surface area contributed by atoms with Crippen molar-refractivity contribution in [1.82, 2.24) is 4.98 Å². The molecule has 0 atom stereocenters. The molecule has 0 radical (unpaired) electrons. The van der Waals surface area contributed by atoms with Gasteiger partial charge >= 0.3 is 17.9 Å². The van der Waals surface area contributed by atoms with Gasteiger partial charge in [-0.3, -0.25) is 9.59 Å². The molecule has 0 amide bonds. The number of pyridine rings is 1. The van der Waals surface area contributed by atoms with E-state index in [-0.39, 0.29) is 18.8 Å². The molecule has 8 heteroatoms. The van der Waals surface area contributed by atoms with Gasteiger partial charge in [0.2, 0.25) is 0 Å². The Morgan fingerprint density at radius 3 is 2.10 bits per heavy atom. The van der Waals surface area contributed by atoms with Crippen LogP contribution in [0.15, 0.2) is 18.3 Å². The molecule has 114 valence electrons. The molecule has 1 rings (SSSR count). The molecule has 0 unspecified atom stereocenters. The SMILES string of the molecule is COC(=O)CN(CC(=O)OC)c1ccnc(C(=O)OC)c1. The van der Waals surface area contributed by atoms with E-state index in [0.29, 0.717) is 5.69 Å². The molecule has 0 saturated carbocycles. The predicted octanol–water partition coefficient (Wildman–Crippen LogP) is 0.0206. The van der Waals surface area contributed by atoms with E-state index < -0.39 is 17.9 Å². The van der Waals surface area contributed by atoms with Crippen LogP contribution in [0.1, 0.15) is 10.5 Å². The van der Waals surface area contributed by atoms with Crippen LogP contribution < -0.4 is 4.90 Å². The summed E-state index contributed by atoms with van der Waals surface area (Å²) in [4.78, 5) is 39.6. The van der Waals surface area contributed by atoms with Gasteiger partial charge in [0.05, 0.1) is 21.3 Å². The Bertz CT molecular complexity index is 513. The predicted molar refractivity (Wildman–Crippen MR) is 71.8 cm³/mol. The van der Waals surface area contributed by atoms with Gasteiger partial charge in [0, 0.05) is 11.9 Å².